The molecule has 1 atom stereocenters. The lowest BCUT2D eigenvalue weighted by molar-refractivity contribution is -0.0241. The third-order valence-electron chi connectivity index (χ3n) is 4.27. The average Bonchev–Trinajstić information content (AvgIpc) is 2.64. The molecule has 0 aliphatic carbocycles. The summed E-state index contributed by atoms with van der Waals surface area (Å²) >= 11 is 0. The van der Waals surface area contributed by atoms with Gasteiger partial charge in [-0.3, -0.25) is 9.69 Å². The number of hydrogen-bond acceptors (Lipinski definition) is 6. The van der Waals surface area contributed by atoms with Gasteiger partial charge in [0.15, 0.2) is 5.82 Å². The summed E-state index contributed by atoms with van der Waals surface area (Å²) in [6.07, 6.45) is 3.19. The first kappa shape index (κ1) is 17.1. The SMILES string of the molecule is Cn1ccnc(NC[C@H]2CN(Cc3ccccc3C#N)CCO2)c1=O. The molecule has 0 saturated carbocycles. The number of aromatic nitrogens is 2. The second kappa shape index (κ2) is 7.92. The summed E-state index contributed by atoms with van der Waals surface area (Å²) in [5.74, 6) is 0.334. The molecule has 1 aromatic heterocycles. The van der Waals surface area contributed by atoms with Crippen LogP contribution >= 0.6 is 0 Å². The van der Waals surface area contributed by atoms with Gasteiger partial charge in [-0.1, -0.05) is 18.2 Å². The van der Waals surface area contributed by atoms with Gasteiger partial charge in [-0.2, -0.15) is 5.26 Å². The van der Waals surface area contributed by atoms with Gasteiger partial charge >= 0.3 is 0 Å². The molecule has 1 saturated heterocycles. The van der Waals surface area contributed by atoms with Crippen molar-refractivity contribution in [2.24, 2.45) is 7.05 Å². The third-order valence-corrected chi connectivity index (χ3v) is 4.27. The molecule has 0 amide bonds. The monoisotopic (exact) mass is 339 g/mol. The molecule has 2 aromatic rings. The highest BCUT2D eigenvalue weighted by atomic mass is 16.5. The summed E-state index contributed by atoms with van der Waals surface area (Å²) in [4.78, 5) is 18.3. The van der Waals surface area contributed by atoms with Crippen LogP contribution in [0.2, 0.25) is 0 Å². The van der Waals surface area contributed by atoms with Gasteiger partial charge < -0.3 is 14.6 Å². The number of benzene rings is 1. The Labute approximate surface area is 146 Å². The summed E-state index contributed by atoms with van der Waals surface area (Å²) in [5, 5.41) is 12.3. The molecule has 0 radical (unpaired) electrons. The van der Waals surface area contributed by atoms with Crippen molar-refractivity contribution in [2.45, 2.75) is 12.6 Å². The molecule has 7 nitrogen and oxygen atoms in total. The molecule has 1 N–H and O–H groups in total. The van der Waals surface area contributed by atoms with Crippen molar-refractivity contribution >= 4 is 5.82 Å². The van der Waals surface area contributed by atoms with Crippen LogP contribution in [0, 0.1) is 11.3 Å². The Hall–Kier alpha value is -2.69. The largest absolute Gasteiger partial charge is 0.374 e. The van der Waals surface area contributed by atoms with Gasteiger partial charge in [0, 0.05) is 45.6 Å². The van der Waals surface area contributed by atoms with E-state index in [1.807, 2.05) is 24.3 Å². The van der Waals surface area contributed by atoms with Gasteiger partial charge in [-0.05, 0) is 11.6 Å². The first-order valence-corrected chi connectivity index (χ1v) is 8.25. The molecular formula is C18H21N5O2. The molecule has 1 aliphatic heterocycles. The van der Waals surface area contributed by atoms with Crippen LogP contribution in [0.5, 0.6) is 0 Å². The number of ether oxygens (including phenoxy) is 1. The normalized spacial score (nSPS) is 17.8. The number of morpholine rings is 1. The molecule has 0 spiro atoms. The Morgan fingerprint density at radius 2 is 2.28 bits per heavy atom. The number of anilines is 1. The van der Waals surface area contributed by atoms with Crippen LogP contribution < -0.4 is 10.9 Å². The second-order valence-electron chi connectivity index (χ2n) is 6.07. The van der Waals surface area contributed by atoms with Gasteiger partial charge in [-0.15, -0.1) is 0 Å². The summed E-state index contributed by atoms with van der Waals surface area (Å²) in [7, 11) is 1.70. The van der Waals surface area contributed by atoms with Gasteiger partial charge in [0.05, 0.1) is 24.3 Å². The number of hydrogen-bond donors (Lipinski definition) is 1. The summed E-state index contributed by atoms with van der Waals surface area (Å²) in [6.45, 7) is 3.42. The van der Waals surface area contributed by atoms with E-state index in [-0.39, 0.29) is 11.7 Å². The molecular weight excluding hydrogens is 318 g/mol. The number of nitrogens with one attached hydrogen (secondary N) is 1. The minimum Gasteiger partial charge on any atom is -0.374 e. The van der Waals surface area contributed by atoms with Crippen LogP contribution in [0.15, 0.2) is 41.5 Å². The summed E-state index contributed by atoms with van der Waals surface area (Å²) < 4.78 is 7.28. The van der Waals surface area contributed by atoms with Gasteiger partial charge in [0.25, 0.3) is 5.56 Å². The molecule has 3 rings (SSSR count). The van der Waals surface area contributed by atoms with E-state index in [0.717, 1.165) is 25.2 Å². The number of nitriles is 1. The summed E-state index contributed by atoms with van der Waals surface area (Å²) in [5.41, 5.74) is 1.58. The van der Waals surface area contributed by atoms with E-state index in [0.29, 0.717) is 24.5 Å². The zero-order chi connectivity index (χ0) is 17.6. The summed E-state index contributed by atoms with van der Waals surface area (Å²) in [6, 6.07) is 9.89. The van der Waals surface area contributed by atoms with E-state index >= 15 is 0 Å². The lowest BCUT2D eigenvalue weighted by Crippen LogP contribution is -2.45. The highest BCUT2D eigenvalue weighted by Gasteiger charge is 2.21. The van der Waals surface area contributed by atoms with E-state index in [9.17, 15) is 10.1 Å². The molecule has 0 bridgehead atoms. The van der Waals surface area contributed by atoms with Crippen LogP contribution in [0.4, 0.5) is 5.82 Å². The van der Waals surface area contributed by atoms with Crippen molar-refractivity contribution in [3.8, 4) is 6.07 Å². The maximum atomic E-state index is 12.0. The Balaban J connectivity index is 1.59. The van der Waals surface area contributed by atoms with E-state index in [1.54, 1.807) is 19.4 Å². The number of nitrogens with zero attached hydrogens (tertiary/aromatic N) is 4. The first-order chi connectivity index (χ1) is 12.2. The molecule has 1 fully saturated rings. The predicted octanol–water partition coefficient (Wildman–Crippen LogP) is 0.965. The van der Waals surface area contributed by atoms with Gasteiger partial charge in [0.1, 0.15) is 0 Å². The second-order valence-corrected chi connectivity index (χ2v) is 6.07. The molecule has 7 heteroatoms. The molecule has 1 aliphatic rings. The molecule has 0 unspecified atom stereocenters. The van der Waals surface area contributed by atoms with Crippen LogP contribution in [-0.2, 0) is 18.3 Å². The van der Waals surface area contributed by atoms with E-state index in [2.05, 4.69) is 21.3 Å². The quantitative estimate of drug-likeness (QED) is 0.874. The molecule has 130 valence electrons. The smallest absolute Gasteiger partial charge is 0.293 e. The highest BCUT2D eigenvalue weighted by molar-refractivity contribution is 5.37. The molecule has 25 heavy (non-hydrogen) atoms. The van der Waals surface area contributed by atoms with Crippen LogP contribution in [0.1, 0.15) is 11.1 Å². The van der Waals surface area contributed by atoms with Crippen LogP contribution in [0.3, 0.4) is 0 Å². The predicted molar refractivity (Wildman–Crippen MR) is 94.1 cm³/mol. The Bertz CT molecular complexity index is 827. The third kappa shape index (κ3) is 4.24. The van der Waals surface area contributed by atoms with Crippen molar-refractivity contribution in [1.82, 2.24) is 14.5 Å². The maximum absolute atomic E-state index is 12.0. The maximum Gasteiger partial charge on any atom is 0.293 e. The zero-order valence-corrected chi connectivity index (χ0v) is 14.2. The van der Waals surface area contributed by atoms with Crippen molar-refractivity contribution < 1.29 is 4.74 Å². The Morgan fingerprint density at radius 3 is 3.12 bits per heavy atom. The zero-order valence-electron chi connectivity index (χ0n) is 14.2. The fraction of sp³-hybridized carbons (Fsp3) is 0.389. The number of rotatable bonds is 5. The Kier molecular flexibility index (Phi) is 5.43. The lowest BCUT2D eigenvalue weighted by Gasteiger charge is -2.33. The van der Waals surface area contributed by atoms with Crippen LogP contribution in [-0.4, -0.2) is 46.8 Å². The standard InChI is InChI=1S/C18H21N5O2/c1-22-7-6-20-17(18(22)24)21-11-16-13-23(8-9-25-16)12-15-5-3-2-4-14(15)10-19/h2-7,16H,8-9,11-13H2,1H3,(H,20,21)/t16-/m0/s1. The van der Waals surface area contributed by atoms with Crippen molar-refractivity contribution in [3.63, 3.8) is 0 Å². The topological polar surface area (TPSA) is 83.2 Å². The first-order valence-electron chi connectivity index (χ1n) is 8.25. The Morgan fingerprint density at radius 1 is 1.44 bits per heavy atom. The minimum atomic E-state index is -0.155. The van der Waals surface area contributed by atoms with Crippen molar-refractivity contribution in [2.75, 3.05) is 31.6 Å². The van der Waals surface area contributed by atoms with Crippen molar-refractivity contribution in [1.29, 1.82) is 5.26 Å². The fourth-order valence-corrected chi connectivity index (χ4v) is 2.89. The number of aryl methyl sites for hydroxylation is 1. The van der Waals surface area contributed by atoms with E-state index in [1.165, 1.54) is 4.57 Å². The molecule has 2 heterocycles. The van der Waals surface area contributed by atoms with Gasteiger partial charge in [0.2, 0.25) is 0 Å². The fourth-order valence-electron chi connectivity index (χ4n) is 2.89. The van der Waals surface area contributed by atoms with E-state index in [4.69, 9.17) is 4.74 Å². The highest BCUT2D eigenvalue weighted by Crippen LogP contribution is 2.14. The molecule has 1 aromatic carbocycles. The van der Waals surface area contributed by atoms with E-state index < -0.39 is 0 Å². The average molecular weight is 339 g/mol. The minimum absolute atomic E-state index is 0.0327. The van der Waals surface area contributed by atoms with Crippen LogP contribution in [0.25, 0.3) is 0 Å². The van der Waals surface area contributed by atoms with Crippen molar-refractivity contribution in [3.05, 3.63) is 58.1 Å². The lowest BCUT2D eigenvalue weighted by atomic mass is 10.1. The van der Waals surface area contributed by atoms with Gasteiger partial charge in [-0.25, -0.2) is 4.98 Å².